The summed E-state index contributed by atoms with van der Waals surface area (Å²) in [5, 5.41) is 9.24. The predicted octanol–water partition coefficient (Wildman–Crippen LogP) is 1.58. The topological polar surface area (TPSA) is 76.0 Å². The molecule has 0 amide bonds. The number of rotatable bonds is 5. The second kappa shape index (κ2) is 6.16. The Bertz CT molecular complexity index is 444. The maximum Gasteiger partial charge on any atom is 0.325 e. The van der Waals surface area contributed by atoms with Crippen LogP contribution in [0.25, 0.3) is 0 Å². The Morgan fingerprint density at radius 1 is 1.42 bits per heavy atom. The predicted molar refractivity (Wildman–Crippen MR) is 71.1 cm³/mol. The Morgan fingerprint density at radius 3 is 2.68 bits per heavy atom. The molecule has 0 bridgehead atoms. The summed E-state index contributed by atoms with van der Waals surface area (Å²) in [6, 6.07) is 9.86. The molecule has 1 aromatic carbocycles. The number of hydrogen-bond acceptors (Lipinski definition) is 4. The van der Waals surface area contributed by atoms with Crippen molar-refractivity contribution in [2.24, 2.45) is 0 Å². The number of aliphatic hydroxyl groups is 1. The quantitative estimate of drug-likeness (QED) is 0.804. The van der Waals surface area contributed by atoms with E-state index in [1.165, 1.54) is 0 Å². The second-order valence-corrected chi connectivity index (χ2v) is 6.67. The molecule has 2 rings (SSSR count). The normalized spacial score (nSPS) is 30.2. The smallest absolute Gasteiger partial charge is 0.325 e. The van der Waals surface area contributed by atoms with Crippen molar-refractivity contribution in [2.45, 2.75) is 31.2 Å². The maximum atomic E-state index is 11.3. The van der Waals surface area contributed by atoms with Gasteiger partial charge in [0.2, 0.25) is 0 Å². The van der Waals surface area contributed by atoms with E-state index >= 15 is 0 Å². The maximum absolute atomic E-state index is 11.3. The first-order chi connectivity index (χ1) is 8.98. The van der Waals surface area contributed by atoms with Crippen molar-refractivity contribution in [3.8, 4) is 0 Å². The van der Waals surface area contributed by atoms with Crippen LogP contribution in [0.2, 0.25) is 0 Å². The summed E-state index contributed by atoms with van der Waals surface area (Å²) in [6.07, 6.45) is 0.0552. The van der Waals surface area contributed by atoms with Crippen LogP contribution in [0.15, 0.2) is 30.3 Å². The second-order valence-electron chi connectivity index (χ2n) is 4.85. The highest BCUT2D eigenvalue weighted by Crippen LogP contribution is 2.42. The van der Waals surface area contributed by atoms with Crippen LogP contribution < -0.4 is 0 Å². The molecule has 19 heavy (non-hydrogen) atoms. The molecule has 0 saturated carbocycles. The van der Waals surface area contributed by atoms with Crippen molar-refractivity contribution in [3.63, 3.8) is 0 Å². The van der Waals surface area contributed by atoms with E-state index in [2.05, 4.69) is 0 Å². The van der Waals surface area contributed by atoms with Crippen molar-refractivity contribution >= 4 is 7.60 Å². The molecule has 4 atom stereocenters. The van der Waals surface area contributed by atoms with Gasteiger partial charge in [-0.1, -0.05) is 30.3 Å². The first kappa shape index (κ1) is 14.7. The van der Waals surface area contributed by atoms with Crippen LogP contribution >= 0.6 is 7.60 Å². The van der Waals surface area contributed by atoms with E-state index in [-0.39, 0.29) is 12.7 Å². The fraction of sp³-hybridized carbons (Fsp3) is 0.538. The van der Waals surface area contributed by atoms with E-state index in [1.807, 2.05) is 30.3 Å². The fourth-order valence-corrected chi connectivity index (χ4v) is 3.06. The van der Waals surface area contributed by atoms with Crippen LogP contribution in [-0.4, -0.2) is 41.6 Å². The van der Waals surface area contributed by atoms with Gasteiger partial charge >= 0.3 is 7.60 Å². The number of aliphatic hydroxyl groups excluding tert-OH is 1. The van der Waals surface area contributed by atoms with Gasteiger partial charge < -0.3 is 19.3 Å². The summed E-state index contributed by atoms with van der Waals surface area (Å²) in [4.78, 5) is 9.26. The average Bonchev–Trinajstić information content (AvgIpc) is 2.70. The number of ether oxygens (including phenoxy) is 1. The average molecular weight is 286 g/mol. The first-order valence-corrected chi connectivity index (χ1v) is 8.29. The lowest BCUT2D eigenvalue weighted by Gasteiger charge is -2.17. The lowest BCUT2D eigenvalue weighted by atomic mass is 10.0. The Labute approximate surface area is 112 Å². The molecule has 2 N–H and O–H groups in total. The molecular formula is C13H19O5P. The number of benzene rings is 1. The Morgan fingerprint density at radius 2 is 2.11 bits per heavy atom. The van der Waals surface area contributed by atoms with E-state index < -0.39 is 19.8 Å². The molecule has 1 saturated heterocycles. The molecule has 5 nitrogen and oxygen atoms in total. The minimum Gasteiger partial charge on any atom is -0.394 e. The molecule has 1 fully saturated rings. The summed E-state index contributed by atoms with van der Waals surface area (Å²) >= 11 is 0. The molecule has 0 aromatic heterocycles. The van der Waals surface area contributed by atoms with Crippen molar-refractivity contribution < 1.29 is 23.8 Å². The highest BCUT2D eigenvalue weighted by molar-refractivity contribution is 7.51. The minimum absolute atomic E-state index is 0.101. The van der Waals surface area contributed by atoms with Crippen LogP contribution in [0.3, 0.4) is 0 Å². The molecule has 106 valence electrons. The zero-order valence-corrected chi connectivity index (χ0v) is 11.7. The van der Waals surface area contributed by atoms with Gasteiger partial charge in [0.05, 0.1) is 18.8 Å². The summed E-state index contributed by atoms with van der Waals surface area (Å²) in [5.74, 6) is 0. The zero-order chi connectivity index (χ0) is 13.9. The molecule has 0 spiro atoms. The third-order valence-corrected chi connectivity index (χ3v) is 3.76. The molecule has 1 heterocycles. The lowest BCUT2D eigenvalue weighted by molar-refractivity contribution is -0.0172. The van der Waals surface area contributed by atoms with E-state index in [9.17, 15) is 14.6 Å². The molecule has 1 aromatic rings. The van der Waals surface area contributed by atoms with Crippen molar-refractivity contribution in [3.05, 3.63) is 35.9 Å². The Balaban J connectivity index is 1.97. The third kappa shape index (κ3) is 4.41. The Kier molecular flexibility index (Phi) is 4.76. The third-order valence-electron chi connectivity index (χ3n) is 3.09. The van der Waals surface area contributed by atoms with Gasteiger partial charge in [0.15, 0.2) is 0 Å². The van der Waals surface area contributed by atoms with Crippen molar-refractivity contribution in [2.75, 3.05) is 13.3 Å². The Hall–Kier alpha value is -0.710. The lowest BCUT2D eigenvalue weighted by Crippen LogP contribution is -2.26. The molecule has 1 aliphatic heterocycles. The largest absolute Gasteiger partial charge is 0.394 e. The van der Waals surface area contributed by atoms with Gasteiger partial charge in [-0.2, -0.15) is 0 Å². The minimum atomic E-state index is -3.57. The van der Waals surface area contributed by atoms with E-state index in [0.29, 0.717) is 12.8 Å². The van der Waals surface area contributed by atoms with E-state index in [4.69, 9.17) is 9.26 Å². The van der Waals surface area contributed by atoms with Gasteiger partial charge in [0.25, 0.3) is 0 Å². The molecule has 0 aliphatic carbocycles. The first-order valence-electron chi connectivity index (χ1n) is 6.27. The highest BCUT2D eigenvalue weighted by Gasteiger charge is 2.38. The van der Waals surface area contributed by atoms with Gasteiger partial charge in [-0.25, -0.2) is 0 Å². The summed E-state index contributed by atoms with van der Waals surface area (Å²) < 4.78 is 22.1. The molecule has 1 aliphatic rings. The number of hydrogen-bond donors (Lipinski definition) is 2. The summed E-state index contributed by atoms with van der Waals surface area (Å²) in [5.41, 5.74) is 1.13. The molecular weight excluding hydrogens is 267 g/mol. The van der Waals surface area contributed by atoms with E-state index in [1.54, 1.807) is 0 Å². The van der Waals surface area contributed by atoms with Crippen LogP contribution in [0.1, 0.15) is 12.0 Å². The van der Waals surface area contributed by atoms with Gasteiger partial charge in [0.1, 0.15) is 6.10 Å². The molecule has 1 unspecified atom stereocenters. The molecule has 6 heteroatoms. The monoisotopic (exact) mass is 286 g/mol. The van der Waals surface area contributed by atoms with Crippen LogP contribution in [0.5, 0.6) is 0 Å². The summed E-state index contributed by atoms with van der Waals surface area (Å²) in [7, 11) is -3.57. The SMILES string of the molecule is CP(=O)(O)O[C@H]1C[C@H](Cc2ccccc2)O[C@@H]1CO. The standard InChI is InChI=1S/C13H19O5P/c1-19(15,16)18-12-8-11(17-13(12)9-14)7-10-5-3-2-4-6-10/h2-6,11-14H,7-9H2,1H3,(H,15,16)/t11-,12-,13+/m0/s1. The highest BCUT2D eigenvalue weighted by atomic mass is 31.2. The van der Waals surface area contributed by atoms with Gasteiger partial charge in [-0.3, -0.25) is 4.57 Å². The van der Waals surface area contributed by atoms with Crippen LogP contribution in [-0.2, 0) is 20.2 Å². The fourth-order valence-electron chi connectivity index (χ4n) is 2.33. The van der Waals surface area contributed by atoms with Crippen LogP contribution in [0.4, 0.5) is 0 Å². The summed E-state index contributed by atoms with van der Waals surface area (Å²) in [6.45, 7) is 0.932. The van der Waals surface area contributed by atoms with Crippen molar-refractivity contribution in [1.29, 1.82) is 0 Å². The van der Waals surface area contributed by atoms with E-state index in [0.717, 1.165) is 12.2 Å². The van der Waals surface area contributed by atoms with Gasteiger partial charge in [-0.15, -0.1) is 0 Å². The van der Waals surface area contributed by atoms with Gasteiger partial charge in [-0.05, 0) is 12.0 Å². The zero-order valence-electron chi connectivity index (χ0n) is 10.8. The molecule has 0 radical (unpaired) electrons. The van der Waals surface area contributed by atoms with Gasteiger partial charge in [0, 0.05) is 13.1 Å². The van der Waals surface area contributed by atoms with Crippen molar-refractivity contribution in [1.82, 2.24) is 0 Å². The van der Waals surface area contributed by atoms with Crippen LogP contribution in [0, 0.1) is 0 Å².